The zero-order chi connectivity index (χ0) is 11.8. The monoisotopic (exact) mass is 217 g/mol. The Bertz CT molecular complexity index is 372. The molecule has 1 heterocycles. The van der Waals surface area contributed by atoms with Crippen molar-refractivity contribution in [2.75, 3.05) is 11.9 Å². The van der Waals surface area contributed by atoms with Crippen molar-refractivity contribution in [2.24, 2.45) is 0 Å². The number of anilines is 1. The third-order valence-corrected chi connectivity index (χ3v) is 3.53. The number of nitrogens with one attached hydrogen (secondary N) is 1. The third-order valence-electron chi connectivity index (χ3n) is 3.53. The Morgan fingerprint density at radius 1 is 1.31 bits per heavy atom. The summed E-state index contributed by atoms with van der Waals surface area (Å²) in [5.74, 6) is 0.724. The fraction of sp³-hybridized carbons (Fsp3) is 0.600. The van der Waals surface area contributed by atoms with Crippen LogP contribution in [-0.4, -0.2) is 6.54 Å². The van der Waals surface area contributed by atoms with Crippen LogP contribution in [0.3, 0.4) is 0 Å². The van der Waals surface area contributed by atoms with Crippen molar-refractivity contribution in [1.29, 1.82) is 0 Å². The van der Waals surface area contributed by atoms with Crippen LogP contribution < -0.4 is 5.32 Å². The zero-order valence-electron chi connectivity index (χ0n) is 10.9. The minimum absolute atomic E-state index is 0.258. The largest absolute Gasteiger partial charge is 0.384 e. The van der Waals surface area contributed by atoms with Gasteiger partial charge in [-0.2, -0.15) is 0 Å². The quantitative estimate of drug-likeness (QED) is 0.779. The van der Waals surface area contributed by atoms with Gasteiger partial charge in [-0.3, -0.25) is 0 Å². The SMILES string of the molecule is CCCC1CNc2ccc(C(C)(C)C)cc21. The first-order valence-corrected chi connectivity index (χ1v) is 6.40. The van der Waals surface area contributed by atoms with Crippen LogP contribution in [0.2, 0.25) is 0 Å². The Kier molecular flexibility index (Phi) is 2.96. The molecule has 1 aromatic rings. The molecule has 0 saturated heterocycles. The number of fused-ring (bicyclic) bond motifs is 1. The van der Waals surface area contributed by atoms with Gasteiger partial charge < -0.3 is 5.32 Å². The van der Waals surface area contributed by atoms with Gasteiger partial charge in [0.1, 0.15) is 0 Å². The molecule has 1 aliphatic heterocycles. The van der Waals surface area contributed by atoms with E-state index in [1.807, 2.05) is 0 Å². The molecule has 1 nitrogen and oxygen atoms in total. The average Bonchev–Trinajstić information content (AvgIpc) is 2.60. The van der Waals surface area contributed by atoms with Gasteiger partial charge in [-0.15, -0.1) is 0 Å². The fourth-order valence-electron chi connectivity index (χ4n) is 2.48. The van der Waals surface area contributed by atoms with Gasteiger partial charge in [0.25, 0.3) is 0 Å². The molecule has 1 N–H and O–H groups in total. The molecule has 0 aliphatic carbocycles. The van der Waals surface area contributed by atoms with Crippen LogP contribution in [0.25, 0.3) is 0 Å². The smallest absolute Gasteiger partial charge is 0.0376 e. The number of hydrogen-bond donors (Lipinski definition) is 1. The summed E-state index contributed by atoms with van der Waals surface area (Å²) in [4.78, 5) is 0. The first-order chi connectivity index (χ1) is 7.52. The number of rotatable bonds is 2. The lowest BCUT2D eigenvalue weighted by molar-refractivity contribution is 0.587. The Labute approximate surface area is 99.3 Å². The summed E-state index contributed by atoms with van der Waals surface area (Å²) in [6.45, 7) is 10.2. The maximum absolute atomic E-state index is 3.51. The number of benzene rings is 1. The topological polar surface area (TPSA) is 12.0 Å². The molecule has 1 aliphatic rings. The third kappa shape index (κ3) is 2.09. The van der Waals surface area contributed by atoms with E-state index in [-0.39, 0.29) is 5.41 Å². The van der Waals surface area contributed by atoms with E-state index < -0.39 is 0 Å². The van der Waals surface area contributed by atoms with Crippen molar-refractivity contribution in [3.63, 3.8) is 0 Å². The predicted octanol–water partition coefficient (Wildman–Crippen LogP) is 4.29. The predicted molar refractivity (Wildman–Crippen MR) is 71.3 cm³/mol. The molecule has 0 amide bonds. The van der Waals surface area contributed by atoms with Crippen LogP contribution in [0.4, 0.5) is 5.69 Å². The second-order valence-corrected chi connectivity index (χ2v) is 5.92. The van der Waals surface area contributed by atoms with Crippen LogP contribution in [-0.2, 0) is 5.41 Å². The summed E-state index contributed by atoms with van der Waals surface area (Å²) in [6.07, 6.45) is 2.57. The Morgan fingerprint density at radius 2 is 2.06 bits per heavy atom. The van der Waals surface area contributed by atoms with E-state index in [4.69, 9.17) is 0 Å². The normalized spacial score (nSPS) is 19.4. The molecule has 88 valence electrons. The maximum Gasteiger partial charge on any atom is 0.0376 e. The molecule has 16 heavy (non-hydrogen) atoms. The molecule has 0 saturated carbocycles. The van der Waals surface area contributed by atoms with Crippen molar-refractivity contribution < 1.29 is 0 Å². The second-order valence-electron chi connectivity index (χ2n) is 5.92. The molecular formula is C15H23N. The van der Waals surface area contributed by atoms with E-state index in [9.17, 15) is 0 Å². The van der Waals surface area contributed by atoms with Crippen molar-refractivity contribution in [1.82, 2.24) is 0 Å². The van der Waals surface area contributed by atoms with Gasteiger partial charge in [-0.05, 0) is 29.0 Å². The molecule has 0 radical (unpaired) electrons. The van der Waals surface area contributed by atoms with Crippen LogP contribution >= 0.6 is 0 Å². The molecule has 1 heteroatoms. The molecule has 1 atom stereocenters. The van der Waals surface area contributed by atoms with Crippen molar-refractivity contribution >= 4 is 5.69 Å². The van der Waals surface area contributed by atoms with Gasteiger partial charge in [0.15, 0.2) is 0 Å². The molecule has 1 unspecified atom stereocenters. The average molecular weight is 217 g/mol. The highest BCUT2D eigenvalue weighted by atomic mass is 14.9. The molecule has 1 aromatic carbocycles. The Balaban J connectivity index is 2.34. The van der Waals surface area contributed by atoms with Gasteiger partial charge >= 0.3 is 0 Å². The van der Waals surface area contributed by atoms with E-state index in [2.05, 4.69) is 51.2 Å². The minimum Gasteiger partial charge on any atom is -0.384 e. The fourth-order valence-corrected chi connectivity index (χ4v) is 2.48. The van der Waals surface area contributed by atoms with Crippen LogP contribution in [0.15, 0.2) is 18.2 Å². The highest BCUT2D eigenvalue weighted by Gasteiger charge is 2.23. The minimum atomic E-state index is 0.258. The second kappa shape index (κ2) is 4.12. The van der Waals surface area contributed by atoms with Crippen molar-refractivity contribution in [3.05, 3.63) is 29.3 Å². The summed E-state index contributed by atoms with van der Waals surface area (Å²) < 4.78 is 0. The van der Waals surface area contributed by atoms with Gasteiger partial charge in [0.05, 0.1) is 0 Å². The zero-order valence-corrected chi connectivity index (χ0v) is 10.9. The summed E-state index contributed by atoms with van der Waals surface area (Å²) in [5.41, 5.74) is 4.60. The molecule has 2 rings (SSSR count). The van der Waals surface area contributed by atoms with Crippen molar-refractivity contribution in [3.8, 4) is 0 Å². The Hall–Kier alpha value is -0.980. The molecular weight excluding hydrogens is 194 g/mol. The lowest BCUT2D eigenvalue weighted by Gasteiger charge is -2.20. The lowest BCUT2D eigenvalue weighted by atomic mass is 9.84. The van der Waals surface area contributed by atoms with E-state index in [0.29, 0.717) is 0 Å². The molecule has 0 fully saturated rings. The molecule has 0 aromatic heterocycles. The highest BCUT2D eigenvalue weighted by molar-refractivity contribution is 5.59. The summed E-state index contributed by atoms with van der Waals surface area (Å²) in [5, 5.41) is 3.51. The number of hydrogen-bond acceptors (Lipinski definition) is 1. The van der Waals surface area contributed by atoms with E-state index in [0.717, 1.165) is 12.5 Å². The van der Waals surface area contributed by atoms with Gasteiger partial charge in [0, 0.05) is 18.2 Å². The lowest BCUT2D eigenvalue weighted by Crippen LogP contribution is -2.11. The highest BCUT2D eigenvalue weighted by Crippen LogP contribution is 2.37. The molecule has 0 spiro atoms. The van der Waals surface area contributed by atoms with Crippen LogP contribution in [0.1, 0.15) is 57.6 Å². The van der Waals surface area contributed by atoms with Crippen LogP contribution in [0.5, 0.6) is 0 Å². The van der Waals surface area contributed by atoms with E-state index in [1.165, 1.54) is 29.7 Å². The van der Waals surface area contributed by atoms with E-state index in [1.54, 1.807) is 0 Å². The van der Waals surface area contributed by atoms with Crippen molar-refractivity contribution in [2.45, 2.75) is 51.9 Å². The first kappa shape index (κ1) is 11.5. The molecule has 0 bridgehead atoms. The summed E-state index contributed by atoms with van der Waals surface area (Å²) in [7, 11) is 0. The van der Waals surface area contributed by atoms with Gasteiger partial charge in [-0.25, -0.2) is 0 Å². The summed E-state index contributed by atoms with van der Waals surface area (Å²) >= 11 is 0. The van der Waals surface area contributed by atoms with Crippen LogP contribution in [0, 0.1) is 0 Å². The first-order valence-electron chi connectivity index (χ1n) is 6.40. The summed E-state index contributed by atoms with van der Waals surface area (Å²) in [6, 6.07) is 6.93. The standard InChI is InChI=1S/C15H23N/c1-5-6-11-10-16-14-8-7-12(9-13(11)14)15(2,3)4/h7-9,11,16H,5-6,10H2,1-4H3. The van der Waals surface area contributed by atoms with E-state index >= 15 is 0 Å². The maximum atomic E-state index is 3.51. The van der Waals surface area contributed by atoms with Gasteiger partial charge in [0.2, 0.25) is 0 Å². The van der Waals surface area contributed by atoms with Gasteiger partial charge in [-0.1, -0.05) is 46.2 Å². The Morgan fingerprint density at radius 3 is 2.69 bits per heavy atom.